The molecule has 0 bridgehead atoms. The van der Waals surface area contributed by atoms with Crippen molar-refractivity contribution in [3.63, 3.8) is 0 Å². The van der Waals surface area contributed by atoms with Crippen LogP contribution >= 0.6 is 0 Å². The monoisotopic (exact) mass is 699 g/mol. The lowest BCUT2D eigenvalue weighted by Gasteiger charge is -2.14. The van der Waals surface area contributed by atoms with E-state index < -0.39 is 0 Å². The van der Waals surface area contributed by atoms with Gasteiger partial charge in [0.05, 0.1) is 45.4 Å². The molecule has 55 heavy (non-hydrogen) atoms. The Labute approximate surface area is 316 Å². The lowest BCUT2D eigenvalue weighted by atomic mass is 9.98. The maximum absolute atomic E-state index is 10.7. The molecule has 0 fully saturated rings. The third kappa shape index (κ3) is 4.39. The first-order valence-corrected chi connectivity index (χ1v) is 18.3. The van der Waals surface area contributed by atoms with E-state index in [1.165, 1.54) is 32.6 Å². The van der Waals surface area contributed by atoms with Crippen LogP contribution in [0.1, 0.15) is 5.56 Å². The van der Waals surface area contributed by atoms with Crippen molar-refractivity contribution in [3.05, 3.63) is 193 Å². The van der Waals surface area contributed by atoms with E-state index >= 15 is 0 Å². The van der Waals surface area contributed by atoms with Gasteiger partial charge in [0.1, 0.15) is 6.07 Å². The van der Waals surface area contributed by atoms with Gasteiger partial charge in [-0.3, -0.25) is 0 Å². The van der Waals surface area contributed by atoms with Crippen molar-refractivity contribution in [2.75, 3.05) is 0 Å². The second-order valence-corrected chi connectivity index (χ2v) is 13.9. The second kappa shape index (κ2) is 11.8. The fourth-order valence-electron chi connectivity index (χ4n) is 8.81. The molecule has 0 aliphatic carbocycles. The predicted molar refractivity (Wildman–Crippen MR) is 226 cm³/mol. The van der Waals surface area contributed by atoms with Crippen molar-refractivity contribution in [2.45, 2.75) is 0 Å². The minimum absolute atomic E-state index is 0.584. The van der Waals surface area contributed by atoms with Crippen molar-refractivity contribution in [1.82, 2.24) is 13.7 Å². The molecular weight excluding hydrogens is 671 g/mol. The van der Waals surface area contributed by atoms with Crippen LogP contribution < -0.4 is 0 Å². The minimum atomic E-state index is 0.584. The Kier molecular flexibility index (Phi) is 6.61. The number of aromatic nitrogens is 3. The van der Waals surface area contributed by atoms with Crippen LogP contribution in [0.15, 0.2) is 176 Å². The molecule has 5 nitrogen and oxygen atoms in total. The lowest BCUT2D eigenvalue weighted by Crippen LogP contribution is -1.99. The molecule has 3 aromatic heterocycles. The third-order valence-corrected chi connectivity index (χ3v) is 11.1. The highest BCUT2D eigenvalue weighted by molar-refractivity contribution is 6.16. The maximum Gasteiger partial charge on any atom is 0.197 e. The van der Waals surface area contributed by atoms with Gasteiger partial charge in [-0.2, -0.15) is 5.26 Å². The Balaban J connectivity index is 1.05. The van der Waals surface area contributed by atoms with Crippen LogP contribution in [0.4, 0.5) is 5.69 Å². The van der Waals surface area contributed by atoms with Gasteiger partial charge in [-0.1, -0.05) is 109 Å². The smallest absolute Gasteiger partial charge is 0.197 e. The lowest BCUT2D eigenvalue weighted by molar-refractivity contribution is 1.16. The van der Waals surface area contributed by atoms with Crippen LogP contribution in [-0.4, -0.2) is 13.7 Å². The summed E-state index contributed by atoms with van der Waals surface area (Å²) in [7, 11) is 0. The van der Waals surface area contributed by atoms with Crippen molar-refractivity contribution in [3.8, 4) is 34.3 Å². The van der Waals surface area contributed by atoms with E-state index in [9.17, 15) is 5.26 Å². The zero-order valence-corrected chi connectivity index (χ0v) is 29.5. The number of nitrogens with zero attached hydrogens (tertiary/aromatic N) is 5. The molecule has 0 unspecified atom stereocenters. The van der Waals surface area contributed by atoms with Gasteiger partial charge in [0.15, 0.2) is 5.69 Å². The molecule has 0 radical (unpaired) electrons. The quantitative estimate of drug-likeness (QED) is 0.169. The molecular formula is C50H29N5. The largest absolute Gasteiger partial charge is 0.309 e. The van der Waals surface area contributed by atoms with Gasteiger partial charge in [0, 0.05) is 49.4 Å². The molecule has 3 heterocycles. The zero-order valence-electron chi connectivity index (χ0n) is 29.5. The number of nitriles is 1. The highest BCUT2D eigenvalue weighted by Crippen LogP contribution is 2.41. The molecule has 0 saturated heterocycles. The summed E-state index contributed by atoms with van der Waals surface area (Å²) in [5.41, 5.74) is 12.5. The molecule has 8 aromatic carbocycles. The van der Waals surface area contributed by atoms with Gasteiger partial charge in [-0.15, -0.1) is 0 Å². The summed E-state index contributed by atoms with van der Waals surface area (Å²) in [5.74, 6) is 0. The van der Waals surface area contributed by atoms with E-state index in [1.54, 1.807) is 0 Å². The average molecular weight is 700 g/mol. The normalized spacial score (nSPS) is 11.6. The van der Waals surface area contributed by atoms with E-state index in [4.69, 9.17) is 6.57 Å². The highest BCUT2D eigenvalue weighted by atomic mass is 15.0. The van der Waals surface area contributed by atoms with E-state index in [2.05, 4.69) is 152 Å². The minimum Gasteiger partial charge on any atom is -0.309 e. The van der Waals surface area contributed by atoms with Gasteiger partial charge >= 0.3 is 0 Å². The predicted octanol–water partition coefficient (Wildman–Crippen LogP) is 13.1. The van der Waals surface area contributed by atoms with Gasteiger partial charge < -0.3 is 13.7 Å². The van der Waals surface area contributed by atoms with Crippen LogP contribution in [0.2, 0.25) is 0 Å². The zero-order chi connectivity index (χ0) is 36.6. The molecule has 5 heteroatoms. The summed E-state index contributed by atoms with van der Waals surface area (Å²) in [6.45, 7) is 7.85. The molecule has 11 rings (SSSR count). The standard InChI is InChI=1S/C50H29N5/c1-52-42-17-11-23-49-50(42)39-15-5-9-21-46(39)55(49)47-22-10-16-35(41(47)31-51)32-24-26-33(27-25-32)53-45-20-8-4-14-38(45)40-30-34(28-29-48(40)53)54-43-18-6-2-12-36(43)37-13-3-7-19-44(37)54/h2-30H. The Morgan fingerprint density at radius 2 is 0.945 bits per heavy atom. The molecule has 0 spiro atoms. The van der Waals surface area contributed by atoms with Crippen molar-refractivity contribution in [1.29, 1.82) is 5.26 Å². The first-order chi connectivity index (χ1) is 27.2. The van der Waals surface area contributed by atoms with Gasteiger partial charge in [0.25, 0.3) is 0 Å². The molecule has 0 aliphatic rings. The summed E-state index contributed by atoms with van der Waals surface area (Å²) in [6, 6.07) is 63.7. The third-order valence-electron chi connectivity index (χ3n) is 11.1. The SMILES string of the molecule is [C-]#[N+]c1cccc2c1c1ccccc1n2-c1cccc(-c2ccc(-n3c4ccccc4c4cc(-n5c6ccccc6c6ccccc65)ccc43)cc2)c1C#N. The van der Waals surface area contributed by atoms with Gasteiger partial charge in [0.2, 0.25) is 0 Å². The Morgan fingerprint density at radius 3 is 1.58 bits per heavy atom. The van der Waals surface area contributed by atoms with Crippen molar-refractivity contribution in [2.24, 2.45) is 0 Å². The Bertz CT molecular complexity index is 3400. The van der Waals surface area contributed by atoms with Crippen LogP contribution in [-0.2, 0) is 0 Å². The number of para-hydroxylation sites is 4. The van der Waals surface area contributed by atoms with Gasteiger partial charge in [-0.25, -0.2) is 4.85 Å². The summed E-state index contributed by atoms with van der Waals surface area (Å²) in [6.07, 6.45) is 0. The van der Waals surface area contributed by atoms with E-state index in [-0.39, 0.29) is 0 Å². The van der Waals surface area contributed by atoms with Crippen LogP contribution in [0, 0.1) is 17.9 Å². The molecule has 0 aliphatic heterocycles. The van der Waals surface area contributed by atoms with E-state index in [0.717, 1.165) is 61.0 Å². The Morgan fingerprint density at radius 1 is 0.436 bits per heavy atom. The summed E-state index contributed by atoms with van der Waals surface area (Å²) >= 11 is 0. The van der Waals surface area contributed by atoms with Crippen molar-refractivity contribution < 1.29 is 0 Å². The van der Waals surface area contributed by atoms with E-state index in [0.29, 0.717) is 11.3 Å². The summed E-state index contributed by atoms with van der Waals surface area (Å²) < 4.78 is 6.83. The Hall–Kier alpha value is -7.86. The molecule has 0 N–H and O–H groups in total. The fraction of sp³-hybridized carbons (Fsp3) is 0. The van der Waals surface area contributed by atoms with Crippen LogP contribution in [0.5, 0.6) is 0 Å². The molecule has 11 aromatic rings. The van der Waals surface area contributed by atoms with Crippen LogP contribution in [0.25, 0.3) is 98.5 Å². The molecule has 0 atom stereocenters. The summed E-state index contributed by atoms with van der Waals surface area (Å²) in [5, 5.41) is 17.5. The topological polar surface area (TPSA) is 42.9 Å². The van der Waals surface area contributed by atoms with Crippen LogP contribution in [0.3, 0.4) is 0 Å². The maximum atomic E-state index is 10.7. The first kappa shape index (κ1) is 30.7. The van der Waals surface area contributed by atoms with Gasteiger partial charge in [-0.05, 0) is 77.7 Å². The second-order valence-electron chi connectivity index (χ2n) is 13.9. The number of hydrogen-bond acceptors (Lipinski definition) is 1. The average Bonchev–Trinajstić information content (AvgIpc) is 3.89. The molecule has 0 saturated carbocycles. The fourth-order valence-corrected chi connectivity index (χ4v) is 8.81. The van der Waals surface area contributed by atoms with E-state index in [1.807, 2.05) is 48.5 Å². The number of rotatable bonds is 4. The molecule has 0 amide bonds. The summed E-state index contributed by atoms with van der Waals surface area (Å²) in [4.78, 5) is 3.84. The van der Waals surface area contributed by atoms with Crippen molar-refractivity contribution >= 4 is 71.1 Å². The number of hydrogen-bond donors (Lipinski definition) is 0. The molecule has 254 valence electrons. The number of benzene rings is 8. The number of fused-ring (bicyclic) bond motifs is 9. The first-order valence-electron chi connectivity index (χ1n) is 18.3. The highest BCUT2D eigenvalue weighted by Gasteiger charge is 2.20.